The molecule has 1 fully saturated rings. The molecule has 2 N–H and O–H groups in total. The van der Waals surface area contributed by atoms with Crippen LogP contribution in [-0.4, -0.2) is 70.2 Å². The molecule has 0 spiro atoms. The number of alkyl halides is 3. The van der Waals surface area contributed by atoms with Gasteiger partial charge in [0, 0.05) is 19.5 Å². The Morgan fingerprint density at radius 3 is 2.31 bits per heavy atom. The number of allylic oxidation sites excluding steroid dienone is 1. The molecule has 2 aromatic carbocycles. The number of ether oxygens (including phenoxy) is 3. The van der Waals surface area contributed by atoms with Gasteiger partial charge < -0.3 is 24.4 Å². The van der Waals surface area contributed by atoms with Crippen molar-refractivity contribution in [2.75, 3.05) is 38.1 Å². The first-order valence-corrected chi connectivity index (χ1v) is 16.3. The highest BCUT2D eigenvalue weighted by atomic mass is 35.5. The number of nitrogens with zero attached hydrogens (tertiary/aromatic N) is 1. The smallest absolute Gasteiger partial charge is 0.467 e. The van der Waals surface area contributed by atoms with Gasteiger partial charge in [0.25, 0.3) is 5.91 Å². The minimum atomic E-state index is -5.69. The second-order valence-corrected chi connectivity index (χ2v) is 11.8. The van der Waals surface area contributed by atoms with Gasteiger partial charge >= 0.3 is 21.5 Å². The van der Waals surface area contributed by atoms with Crippen molar-refractivity contribution in [3.05, 3.63) is 69.5 Å². The number of hydrogen-bond acceptors (Lipinski definition) is 8. The van der Waals surface area contributed by atoms with E-state index in [1.807, 2.05) is 19.9 Å². The van der Waals surface area contributed by atoms with Crippen LogP contribution in [0.25, 0.3) is 0 Å². The minimum absolute atomic E-state index is 0.0402. The first-order chi connectivity index (χ1) is 21.3. The van der Waals surface area contributed by atoms with E-state index in [2.05, 4.69) is 17.1 Å². The molecule has 3 rings (SSSR count). The average molecular weight is 699 g/mol. The zero-order valence-corrected chi connectivity index (χ0v) is 27.5. The molecule has 2 aromatic rings. The monoisotopic (exact) mass is 697 g/mol. The van der Waals surface area contributed by atoms with Gasteiger partial charge in [0.2, 0.25) is 0 Å². The molecule has 1 heterocycles. The molecule has 1 saturated heterocycles. The maximum atomic E-state index is 12.9. The first kappa shape index (κ1) is 38.0. The number of halogens is 5. The molecule has 0 radical (unpaired) electrons. The van der Waals surface area contributed by atoms with Crippen molar-refractivity contribution in [1.29, 1.82) is 0 Å². The molecule has 0 saturated carbocycles. The highest BCUT2D eigenvalue weighted by molar-refractivity contribution is 7.93. The summed E-state index contributed by atoms with van der Waals surface area (Å²) < 4.78 is 78.4. The highest BCUT2D eigenvalue weighted by Crippen LogP contribution is 2.30. The molecule has 1 unspecified atom stereocenters. The summed E-state index contributed by atoms with van der Waals surface area (Å²) in [6, 6.07) is 6.49. The lowest BCUT2D eigenvalue weighted by atomic mass is 10.0. The number of carbonyl (C=O) groups excluding carboxylic acids is 2. The lowest BCUT2D eigenvalue weighted by Crippen LogP contribution is -2.43. The Morgan fingerprint density at radius 2 is 1.76 bits per heavy atom. The summed E-state index contributed by atoms with van der Waals surface area (Å²) in [5, 5.41) is 2.39. The topological polar surface area (TPSA) is 123 Å². The number of anilines is 1. The van der Waals surface area contributed by atoms with Crippen molar-refractivity contribution in [1.82, 2.24) is 10.2 Å². The maximum Gasteiger partial charge on any atom is 0.516 e. The summed E-state index contributed by atoms with van der Waals surface area (Å²) in [6.07, 6.45) is 3.68. The number of nitrogens with one attached hydrogen (secondary N) is 2. The van der Waals surface area contributed by atoms with Crippen LogP contribution >= 0.6 is 23.2 Å². The number of methoxy groups -OCH3 is 1. The van der Waals surface area contributed by atoms with Gasteiger partial charge in [0.05, 0.1) is 41.6 Å². The normalized spacial score (nSPS) is 14.5. The number of morpholine rings is 1. The van der Waals surface area contributed by atoms with E-state index >= 15 is 0 Å². The van der Waals surface area contributed by atoms with E-state index in [9.17, 15) is 31.2 Å². The van der Waals surface area contributed by atoms with Gasteiger partial charge in [0.15, 0.2) is 5.88 Å². The largest absolute Gasteiger partial charge is 0.516 e. The Bertz CT molecular complexity index is 1450. The summed E-state index contributed by atoms with van der Waals surface area (Å²) in [7, 11) is -4.56. The van der Waals surface area contributed by atoms with E-state index < -0.39 is 39.1 Å². The van der Waals surface area contributed by atoms with Crippen molar-refractivity contribution in [3.8, 4) is 5.75 Å². The number of carbonyl (C=O) groups is 2. The Hall–Kier alpha value is -3.20. The summed E-state index contributed by atoms with van der Waals surface area (Å²) in [5.41, 5.74) is -5.72. The number of unbranched alkanes of at least 4 members (excludes halogenated alkanes) is 1. The molecular weight excluding hydrogens is 662 g/mol. The lowest BCUT2D eigenvalue weighted by Gasteiger charge is -2.30. The Balaban J connectivity index is 0.00000345. The van der Waals surface area contributed by atoms with Crippen molar-refractivity contribution in [2.24, 2.45) is 0 Å². The Morgan fingerprint density at radius 1 is 1.09 bits per heavy atom. The van der Waals surface area contributed by atoms with Crippen LogP contribution in [0.15, 0.2) is 48.4 Å². The standard InChI is InChI=1S/C27H30Cl2F3N3O7S.C2H6/c1-3-4-5-24(35-10-12-41-13-11-35)42-23-9-6-17(14-21(23)29)15-22(26(37)40-2)33-25(36)19-8-7-18(16-20(19)28)34-43(38,39)27(30,31)32;1-2/h5-9,14,16,22,34H,3-4,10-13,15H2,1-2H3,(H,33,36);1-2H3/b24-5+;. The van der Waals surface area contributed by atoms with Crippen molar-refractivity contribution < 1.29 is 45.4 Å². The van der Waals surface area contributed by atoms with Gasteiger partial charge in [-0.1, -0.05) is 56.5 Å². The fourth-order valence-electron chi connectivity index (χ4n) is 3.94. The second-order valence-electron chi connectivity index (χ2n) is 9.30. The van der Waals surface area contributed by atoms with Gasteiger partial charge in [-0.2, -0.15) is 21.6 Å². The van der Waals surface area contributed by atoms with Crippen LogP contribution < -0.4 is 14.8 Å². The third-order valence-corrected chi connectivity index (χ3v) is 7.86. The van der Waals surface area contributed by atoms with E-state index in [0.717, 1.165) is 38.2 Å². The van der Waals surface area contributed by atoms with E-state index in [4.69, 9.17) is 37.4 Å². The molecule has 1 aliphatic heterocycles. The quantitative estimate of drug-likeness (QED) is 0.200. The average Bonchev–Trinajstić information content (AvgIpc) is 3.00. The predicted octanol–water partition coefficient (Wildman–Crippen LogP) is 6.15. The lowest BCUT2D eigenvalue weighted by molar-refractivity contribution is -0.142. The van der Waals surface area contributed by atoms with Gasteiger partial charge in [0.1, 0.15) is 11.8 Å². The number of benzene rings is 2. The fraction of sp³-hybridized carbons (Fsp3) is 0.448. The van der Waals surface area contributed by atoms with Gasteiger partial charge in [-0.05, 0) is 48.4 Å². The molecule has 45 heavy (non-hydrogen) atoms. The van der Waals surface area contributed by atoms with E-state index in [0.29, 0.717) is 43.5 Å². The van der Waals surface area contributed by atoms with Gasteiger partial charge in [-0.15, -0.1) is 0 Å². The molecule has 16 heteroatoms. The molecular formula is C29H36Cl2F3N3O7S. The molecule has 10 nitrogen and oxygen atoms in total. The number of hydrogen-bond donors (Lipinski definition) is 2. The number of amides is 1. The summed E-state index contributed by atoms with van der Waals surface area (Å²) in [6.45, 7) is 8.54. The van der Waals surface area contributed by atoms with Crippen molar-refractivity contribution in [3.63, 3.8) is 0 Å². The van der Waals surface area contributed by atoms with Crippen LogP contribution in [0.3, 0.4) is 0 Å². The van der Waals surface area contributed by atoms with Crippen molar-refractivity contribution in [2.45, 2.75) is 51.6 Å². The van der Waals surface area contributed by atoms with Crippen LogP contribution in [0.5, 0.6) is 5.75 Å². The van der Waals surface area contributed by atoms with Crippen LogP contribution in [0.4, 0.5) is 18.9 Å². The SMILES string of the molecule is CC.CCC/C=C(/Oc1ccc(CC(NC(=O)c2ccc(NS(=O)(=O)C(F)(F)F)cc2Cl)C(=O)OC)cc1Cl)N1CCOCC1. The number of rotatable bonds is 12. The van der Waals surface area contributed by atoms with E-state index in [-0.39, 0.29) is 22.0 Å². The zero-order valence-electron chi connectivity index (χ0n) is 25.2. The van der Waals surface area contributed by atoms with Gasteiger partial charge in [-0.25, -0.2) is 4.79 Å². The fourth-order valence-corrected chi connectivity index (χ4v) is 5.00. The Labute approximate surface area is 270 Å². The van der Waals surface area contributed by atoms with Crippen LogP contribution in [-0.2, 0) is 30.7 Å². The third kappa shape index (κ3) is 11.0. The number of sulfonamides is 1. The second kappa shape index (κ2) is 17.5. The maximum absolute atomic E-state index is 12.9. The minimum Gasteiger partial charge on any atom is -0.467 e. The third-order valence-electron chi connectivity index (χ3n) is 6.14. The van der Waals surface area contributed by atoms with Crippen LogP contribution in [0.1, 0.15) is 49.5 Å². The van der Waals surface area contributed by atoms with Crippen LogP contribution in [0.2, 0.25) is 10.0 Å². The van der Waals surface area contributed by atoms with Crippen LogP contribution in [0, 0.1) is 0 Å². The molecule has 1 aliphatic rings. The van der Waals surface area contributed by atoms with E-state index in [1.165, 1.54) is 4.72 Å². The molecule has 250 valence electrons. The van der Waals surface area contributed by atoms with Crippen molar-refractivity contribution >= 4 is 50.8 Å². The Kier molecular flexibility index (Phi) is 14.8. The number of esters is 1. The first-order valence-electron chi connectivity index (χ1n) is 14.0. The highest BCUT2D eigenvalue weighted by Gasteiger charge is 2.46. The van der Waals surface area contributed by atoms with E-state index in [1.54, 1.807) is 18.2 Å². The molecule has 0 aliphatic carbocycles. The summed E-state index contributed by atoms with van der Waals surface area (Å²) in [5.74, 6) is -0.583. The predicted molar refractivity (Wildman–Crippen MR) is 166 cm³/mol. The molecule has 1 amide bonds. The zero-order chi connectivity index (χ0) is 33.8. The molecule has 0 aromatic heterocycles. The molecule has 1 atom stereocenters. The van der Waals surface area contributed by atoms with Gasteiger partial charge in [-0.3, -0.25) is 9.52 Å². The summed E-state index contributed by atoms with van der Waals surface area (Å²) >= 11 is 12.6. The summed E-state index contributed by atoms with van der Waals surface area (Å²) in [4.78, 5) is 27.5. The molecule has 0 bridgehead atoms.